The molecule has 0 bridgehead atoms. The van der Waals surface area contributed by atoms with Crippen molar-refractivity contribution in [3.8, 4) is 0 Å². The Labute approximate surface area is 103 Å². The molecule has 0 spiro atoms. The van der Waals surface area contributed by atoms with Crippen molar-refractivity contribution in [1.82, 2.24) is 10.3 Å². The van der Waals surface area contributed by atoms with Gasteiger partial charge in [0.1, 0.15) is 5.82 Å². The van der Waals surface area contributed by atoms with E-state index in [9.17, 15) is 4.79 Å². The van der Waals surface area contributed by atoms with Crippen LogP contribution in [0.25, 0.3) is 0 Å². The highest BCUT2D eigenvalue weighted by molar-refractivity contribution is 5.94. The zero-order chi connectivity index (χ0) is 12.5. The zero-order valence-corrected chi connectivity index (χ0v) is 10.6. The number of carbonyl (C=O) groups excluding carboxylic acids is 1. The van der Waals surface area contributed by atoms with Crippen LogP contribution in [0.3, 0.4) is 0 Å². The van der Waals surface area contributed by atoms with Crippen molar-refractivity contribution in [2.75, 3.05) is 18.4 Å². The highest BCUT2D eigenvalue weighted by Gasteiger charge is 2.05. The van der Waals surface area contributed by atoms with E-state index >= 15 is 0 Å². The molecule has 1 rings (SSSR count). The van der Waals surface area contributed by atoms with Gasteiger partial charge in [-0.05, 0) is 25.5 Å². The van der Waals surface area contributed by atoms with E-state index in [2.05, 4.69) is 22.5 Å². The molecule has 0 aliphatic heterocycles. The Morgan fingerprint density at radius 1 is 1.35 bits per heavy atom. The number of anilines is 1. The molecule has 0 aliphatic rings. The van der Waals surface area contributed by atoms with Crippen LogP contribution in [-0.4, -0.2) is 24.0 Å². The van der Waals surface area contributed by atoms with Gasteiger partial charge in [0, 0.05) is 24.8 Å². The zero-order valence-electron chi connectivity index (χ0n) is 10.6. The van der Waals surface area contributed by atoms with E-state index in [-0.39, 0.29) is 5.91 Å². The molecule has 1 aromatic heterocycles. The van der Waals surface area contributed by atoms with Crippen molar-refractivity contribution in [2.24, 2.45) is 0 Å². The quantitative estimate of drug-likeness (QED) is 0.714. The Morgan fingerprint density at radius 2 is 2.18 bits per heavy atom. The van der Waals surface area contributed by atoms with E-state index < -0.39 is 0 Å². The SMILES string of the molecule is CCCCCNC(=O)c1ccnc(NCC)c1. The molecule has 1 amide bonds. The Balaban J connectivity index is 2.47. The maximum Gasteiger partial charge on any atom is 0.251 e. The van der Waals surface area contributed by atoms with E-state index in [1.54, 1.807) is 18.3 Å². The topological polar surface area (TPSA) is 54.0 Å². The van der Waals surface area contributed by atoms with Crippen LogP contribution in [0.1, 0.15) is 43.5 Å². The van der Waals surface area contributed by atoms with Crippen molar-refractivity contribution in [3.05, 3.63) is 23.9 Å². The number of nitrogens with one attached hydrogen (secondary N) is 2. The van der Waals surface area contributed by atoms with Crippen LogP contribution >= 0.6 is 0 Å². The molecule has 4 nitrogen and oxygen atoms in total. The highest BCUT2D eigenvalue weighted by Crippen LogP contribution is 2.06. The average Bonchev–Trinajstić information content (AvgIpc) is 2.35. The first-order valence-electron chi connectivity index (χ1n) is 6.26. The van der Waals surface area contributed by atoms with Gasteiger partial charge in [0.15, 0.2) is 0 Å². The Hall–Kier alpha value is -1.58. The molecule has 0 saturated carbocycles. The lowest BCUT2D eigenvalue weighted by Crippen LogP contribution is -2.24. The van der Waals surface area contributed by atoms with Crippen molar-refractivity contribution >= 4 is 11.7 Å². The van der Waals surface area contributed by atoms with E-state index in [4.69, 9.17) is 0 Å². The molecule has 0 radical (unpaired) electrons. The van der Waals surface area contributed by atoms with Gasteiger partial charge in [0.2, 0.25) is 0 Å². The van der Waals surface area contributed by atoms with Gasteiger partial charge in [-0.15, -0.1) is 0 Å². The summed E-state index contributed by atoms with van der Waals surface area (Å²) >= 11 is 0. The summed E-state index contributed by atoms with van der Waals surface area (Å²) in [4.78, 5) is 15.9. The molecule has 0 atom stereocenters. The van der Waals surface area contributed by atoms with Gasteiger partial charge in [-0.25, -0.2) is 4.98 Å². The number of amides is 1. The summed E-state index contributed by atoms with van der Waals surface area (Å²) in [5.74, 6) is 0.719. The van der Waals surface area contributed by atoms with Crippen LogP contribution in [0.5, 0.6) is 0 Å². The van der Waals surface area contributed by atoms with Crippen LogP contribution in [0.15, 0.2) is 18.3 Å². The summed E-state index contributed by atoms with van der Waals surface area (Å²) < 4.78 is 0. The monoisotopic (exact) mass is 235 g/mol. The second kappa shape index (κ2) is 7.65. The molecular formula is C13H21N3O. The van der Waals surface area contributed by atoms with Crippen molar-refractivity contribution < 1.29 is 4.79 Å². The number of carbonyl (C=O) groups is 1. The van der Waals surface area contributed by atoms with Gasteiger partial charge in [-0.1, -0.05) is 19.8 Å². The molecule has 0 unspecified atom stereocenters. The summed E-state index contributed by atoms with van der Waals surface area (Å²) in [6.45, 7) is 5.69. The number of hydrogen-bond donors (Lipinski definition) is 2. The Bertz CT molecular complexity index is 352. The summed E-state index contributed by atoms with van der Waals surface area (Å²) in [6, 6.07) is 3.51. The Kier molecular flexibility index (Phi) is 6.07. The number of nitrogens with zero attached hydrogens (tertiary/aromatic N) is 1. The molecule has 0 aromatic carbocycles. The summed E-state index contributed by atoms with van der Waals surface area (Å²) in [5.41, 5.74) is 0.660. The van der Waals surface area contributed by atoms with Crippen LogP contribution < -0.4 is 10.6 Å². The number of aromatic nitrogens is 1. The minimum absolute atomic E-state index is 0.0253. The minimum atomic E-state index is -0.0253. The third-order valence-electron chi connectivity index (χ3n) is 2.45. The van der Waals surface area contributed by atoms with Crippen LogP contribution in [0.4, 0.5) is 5.82 Å². The molecular weight excluding hydrogens is 214 g/mol. The number of pyridine rings is 1. The largest absolute Gasteiger partial charge is 0.370 e. The van der Waals surface area contributed by atoms with Gasteiger partial charge in [-0.2, -0.15) is 0 Å². The highest BCUT2D eigenvalue weighted by atomic mass is 16.1. The maximum atomic E-state index is 11.8. The lowest BCUT2D eigenvalue weighted by molar-refractivity contribution is 0.0953. The van der Waals surface area contributed by atoms with Crippen LogP contribution in [-0.2, 0) is 0 Å². The summed E-state index contributed by atoms with van der Waals surface area (Å²) in [6.07, 6.45) is 5.00. The second-order valence-electron chi connectivity index (χ2n) is 3.92. The third-order valence-corrected chi connectivity index (χ3v) is 2.45. The Morgan fingerprint density at radius 3 is 2.88 bits per heavy atom. The molecule has 0 aliphatic carbocycles. The second-order valence-corrected chi connectivity index (χ2v) is 3.92. The minimum Gasteiger partial charge on any atom is -0.370 e. The average molecular weight is 235 g/mol. The fourth-order valence-corrected chi connectivity index (χ4v) is 1.53. The van der Waals surface area contributed by atoms with Crippen molar-refractivity contribution in [3.63, 3.8) is 0 Å². The van der Waals surface area contributed by atoms with Gasteiger partial charge >= 0.3 is 0 Å². The number of rotatable bonds is 7. The van der Waals surface area contributed by atoms with Crippen LogP contribution in [0, 0.1) is 0 Å². The smallest absolute Gasteiger partial charge is 0.251 e. The molecule has 17 heavy (non-hydrogen) atoms. The number of unbranched alkanes of at least 4 members (excludes halogenated alkanes) is 2. The van der Waals surface area contributed by atoms with E-state index in [0.29, 0.717) is 5.56 Å². The predicted octanol–water partition coefficient (Wildman–Crippen LogP) is 2.43. The molecule has 94 valence electrons. The van der Waals surface area contributed by atoms with E-state index in [1.807, 2.05) is 6.92 Å². The lowest BCUT2D eigenvalue weighted by Gasteiger charge is -2.06. The van der Waals surface area contributed by atoms with Gasteiger partial charge in [0.05, 0.1) is 0 Å². The predicted molar refractivity (Wildman–Crippen MR) is 70.3 cm³/mol. The first kappa shape index (κ1) is 13.5. The maximum absolute atomic E-state index is 11.8. The normalized spacial score (nSPS) is 10.0. The number of hydrogen-bond acceptors (Lipinski definition) is 3. The van der Waals surface area contributed by atoms with Gasteiger partial charge in [0.25, 0.3) is 5.91 Å². The fourth-order valence-electron chi connectivity index (χ4n) is 1.53. The molecule has 0 fully saturated rings. The molecule has 1 heterocycles. The molecule has 2 N–H and O–H groups in total. The standard InChI is InChI=1S/C13H21N3O/c1-3-5-6-8-16-13(17)11-7-9-15-12(10-11)14-4-2/h7,9-10H,3-6,8H2,1-2H3,(H,14,15)(H,16,17). The first-order chi connectivity index (χ1) is 8.27. The van der Waals surface area contributed by atoms with Crippen molar-refractivity contribution in [2.45, 2.75) is 33.1 Å². The van der Waals surface area contributed by atoms with E-state index in [1.165, 1.54) is 0 Å². The molecule has 4 heteroatoms. The molecule has 0 saturated heterocycles. The third kappa shape index (κ3) is 4.85. The van der Waals surface area contributed by atoms with Crippen LogP contribution in [0.2, 0.25) is 0 Å². The summed E-state index contributed by atoms with van der Waals surface area (Å²) in [7, 11) is 0. The van der Waals surface area contributed by atoms with E-state index in [0.717, 1.165) is 38.2 Å². The van der Waals surface area contributed by atoms with Gasteiger partial charge < -0.3 is 10.6 Å². The molecule has 1 aromatic rings. The lowest BCUT2D eigenvalue weighted by atomic mass is 10.2. The fraction of sp³-hybridized carbons (Fsp3) is 0.538. The first-order valence-corrected chi connectivity index (χ1v) is 6.26. The summed E-state index contributed by atoms with van der Waals surface area (Å²) in [5, 5.41) is 6.00. The van der Waals surface area contributed by atoms with Crippen molar-refractivity contribution in [1.29, 1.82) is 0 Å². The van der Waals surface area contributed by atoms with Gasteiger partial charge in [-0.3, -0.25) is 4.79 Å².